The van der Waals surface area contributed by atoms with Crippen molar-refractivity contribution in [1.82, 2.24) is 10.2 Å². The summed E-state index contributed by atoms with van der Waals surface area (Å²) in [5, 5.41) is 2.93. The van der Waals surface area contributed by atoms with Gasteiger partial charge in [0.25, 0.3) is 0 Å². The van der Waals surface area contributed by atoms with Gasteiger partial charge in [-0.15, -0.1) is 0 Å². The van der Waals surface area contributed by atoms with E-state index in [0.717, 1.165) is 18.6 Å². The van der Waals surface area contributed by atoms with Crippen LogP contribution in [0.2, 0.25) is 0 Å². The van der Waals surface area contributed by atoms with Gasteiger partial charge in [-0.25, -0.2) is 0 Å². The summed E-state index contributed by atoms with van der Waals surface area (Å²) in [6.45, 7) is 5.79. The molecule has 108 valence electrons. The number of amides is 2. The molecule has 2 saturated heterocycles. The molecule has 0 bridgehead atoms. The summed E-state index contributed by atoms with van der Waals surface area (Å²) in [7, 11) is 0. The Labute approximate surface area is 119 Å². The Morgan fingerprint density at radius 2 is 2.16 bits per heavy atom. The predicted octanol–water partition coefficient (Wildman–Crippen LogP) is 1.79. The van der Waals surface area contributed by atoms with Gasteiger partial charge in [0.1, 0.15) is 11.6 Å². The Morgan fingerprint density at radius 1 is 1.42 bits per heavy atom. The molecule has 2 rings (SSSR count). The van der Waals surface area contributed by atoms with Crippen LogP contribution in [0.3, 0.4) is 0 Å². The Bertz CT molecular complexity index is 368. The summed E-state index contributed by atoms with van der Waals surface area (Å²) >= 11 is 1.89. The van der Waals surface area contributed by atoms with Crippen LogP contribution in [0.5, 0.6) is 0 Å². The van der Waals surface area contributed by atoms with Crippen molar-refractivity contribution >= 4 is 23.6 Å². The van der Waals surface area contributed by atoms with Crippen LogP contribution in [-0.4, -0.2) is 45.8 Å². The molecule has 3 unspecified atom stereocenters. The minimum absolute atomic E-state index is 0.0158. The van der Waals surface area contributed by atoms with Crippen LogP contribution in [0.4, 0.5) is 0 Å². The number of hydrogen-bond donors (Lipinski definition) is 1. The summed E-state index contributed by atoms with van der Waals surface area (Å²) in [5.74, 6) is 2.26. The third-order valence-corrected chi connectivity index (χ3v) is 5.57. The molecule has 2 fully saturated rings. The number of piperazine rings is 1. The lowest BCUT2D eigenvalue weighted by atomic mass is 9.89. The molecule has 2 aliphatic rings. The van der Waals surface area contributed by atoms with Crippen LogP contribution in [-0.2, 0) is 9.59 Å². The second-order valence-corrected chi connectivity index (χ2v) is 6.83. The third-order valence-electron chi connectivity index (χ3n) is 4.37. The van der Waals surface area contributed by atoms with E-state index in [0.29, 0.717) is 12.8 Å². The number of carbonyl (C=O) groups excluding carboxylic acids is 2. The molecule has 0 aromatic carbocycles. The second kappa shape index (κ2) is 5.73. The molecular formula is C14H24N2O2S. The van der Waals surface area contributed by atoms with Gasteiger partial charge in [-0.3, -0.25) is 9.59 Å². The summed E-state index contributed by atoms with van der Waals surface area (Å²) in [6, 6.07) is -0.0519. The summed E-state index contributed by atoms with van der Waals surface area (Å²) in [6.07, 6.45) is 3.51. The standard InChI is InChI=1S/C14H24N2O2S/c1-4-11-12(17)15-14(3,5-2)13(18)16(11)10-7-6-8-19-9-10/h10-11H,4-9H2,1-3H3,(H,15,17). The van der Waals surface area contributed by atoms with E-state index < -0.39 is 5.54 Å². The van der Waals surface area contributed by atoms with Gasteiger partial charge in [0.2, 0.25) is 11.8 Å². The monoisotopic (exact) mass is 284 g/mol. The van der Waals surface area contributed by atoms with Gasteiger partial charge < -0.3 is 10.2 Å². The molecule has 19 heavy (non-hydrogen) atoms. The van der Waals surface area contributed by atoms with E-state index in [2.05, 4.69) is 5.32 Å². The number of carbonyl (C=O) groups is 2. The number of nitrogens with one attached hydrogen (secondary N) is 1. The molecule has 0 aliphatic carbocycles. The fourth-order valence-corrected chi connectivity index (χ4v) is 4.08. The zero-order valence-electron chi connectivity index (χ0n) is 12.1. The lowest BCUT2D eigenvalue weighted by molar-refractivity contribution is -0.157. The van der Waals surface area contributed by atoms with Gasteiger partial charge in [0.05, 0.1) is 0 Å². The molecule has 2 heterocycles. The van der Waals surface area contributed by atoms with Crippen molar-refractivity contribution in [2.24, 2.45) is 0 Å². The lowest BCUT2D eigenvalue weighted by Gasteiger charge is -2.48. The second-order valence-electron chi connectivity index (χ2n) is 5.68. The minimum Gasteiger partial charge on any atom is -0.340 e. The third kappa shape index (κ3) is 2.62. The normalized spacial score (nSPS) is 36.3. The number of rotatable bonds is 3. The highest BCUT2D eigenvalue weighted by Gasteiger charge is 2.48. The van der Waals surface area contributed by atoms with E-state index in [-0.39, 0.29) is 23.9 Å². The van der Waals surface area contributed by atoms with E-state index in [1.54, 1.807) is 0 Å². The van der Waals surface area contributed by atoms with Gasteiger partial charge in [0, 0.05) is 11.8 Å². The van der Waals surface area contributed by atoms with Crippen molar-refractivity contribution in [3.05, 3.63) is 0 Å². The Morgan fingerprint density at radius 3 is 2.68 bits per heavy atom. The van der Waals surface area contributed by atoms with Gasteiger partial charge in [-0.1, -0.05) is 13.8 Å². The average molecular weight is 284 g/mol. The van der Waals surface area contributed by atoms with Crippen LogP contribution in [0.15, 0.2) is 0 Å². The molecule has 3 atom stereocenters. The molecule has 4 nitrogen and oxygen atoms in total. The first-order chi connectivity index (χ1) is 9.03. The molecule has 0 saturated carbocycles. The van der Waals surface area contributed by atoms with E-state index >= 15 is 0 Å². The molecule has 2 amide bonds. The highest BCUT2D eigenvalue weighted by molar-refractivity contribution is 7.99. The van der Waals surface area contributed by atoms with Gasteiger partial charge in [0.15, 0.2) is 0 Å². The van der Waals surface area contributed by atoms with Crippen LogP contribution in [0, 0.1) is 0 Å². The molecule has 0 spiro atoms. The SMILES string of the molecule is CCC1C(=O)NC(C)(CC)C(=O)N1C1CCCSC1. The maximum Gasteiger partial charge on any atom is 0.248 e. The van der Waals surface area contributed by atoms with E-state index in [9.17, 15) is 9.59 Å². The minimum atomic E-state index is -0.717. The highest BCUT2D eigenvalue weighted by Crippen LogP contribution is 2.30. The maximum atomic E-state index is 12.8. The predicted molar refractivity (Wildman–Crippen MR) is 78.1 cm³/mol. The van der Waals surface area contributed by atoms with Crippen molar-refractivity contribution in [3.63, 3.8) is 0 Å². The largest absolute Gasteiger partial charge is 0.340 e. The quantitative estimate of drug-likeness (QED) is 0.859. The van der Waals surface area contributed by atoms with Crippen molar-refractivity contribution < 1.29 is 9.59 Å². The van der Waals surface area contributed by atoms with Crippen LogP contribution in [0.25, 0.3) is 0 Å². The first-order valence-electron chi connectivity index (χ1n) is 7.26. The van der Waals surface area contributed by atoms with Crippen molar-refractivity contribution in [1.29, 1.82) is 0 Å². The number of thioether (sulfide) groups is 1. The van der Waals surface area contributed by atoms with Crippen LogP contribution in [0.1, 0.15) is 46.5 Å². The molecular weight excluding hydrogens is 260 g/mol. The molecule has 5 heteroatoms. The lowest BCUT2D eigenvalue weighted by Crippen LogP contribution is -2.71. The zero-order chi connectivity index (χ0) is 14.0. The average Bonchev–Trinajstić information content (AvgIpc) is 2.43. The number of nitrogens with zero attached hydrogens (tertiary/aromatic N) is 1. The first kappa shape index (κ1) is 14.7. The molecule has 0 radical (unpaired) electrons. The van der Waals surface area contributed by atoms with E-state index in [1.165, 1.54) is 5.75 Å². The van der Waals surface area contributed by atoms with Crippen LogP contribution >= 0.6 is 11.8 Å². The summed E-state index contributed by atoms with van der Waals surface area (Å²) in [5.41, 5.74) is -0.717. The van der Waals surface area contributed by atoms with Gasteiger partial charge in [-0.05, 0) is 38.4 Å². The molecule has 0 aromatic rings. The highest BCUT2D eigenvalue weighted by atomic mass is 32.2. The fourth-order valence-electron chi connectivity index (χ4n) is 2.95. The van der Waals surface area contributed by atoms with Crippen molar-refractivity contribution in [2.45, 2.75) is 64.1 Å². The maximum absolute atomic E-state index is 12.8. The van der Waals surface area contributed by atoms with Crippen molar-refractivity contribution in [2.75, 3.05) is 11.5 Å². The van der Waals surface area contributed by atoms with Crippen LogP contribution < -0.4 is 5.32 Å². The fraction of sp³-hybridized carbons (Fsp3) is 0.857. The van der Waals surface area contributed by atoms with E-state index in [1.807, 2.05) is 37.4 Å². The van der Waals surface area contributed by atoms with Gasteiger partial charge >= 0.3 is 0 Å². The van der Waals surface area contributed by atoms with E-state index in [4.69, 9.17) is 0 Å². The molecule has 1 N–H and O–H groups in total. The molecule has 2 aliphatic heterocycles. The Kier molecular flexibility index (Phi) is 4.43. The van der Waals surface area contributed by atoms with Gasteiger partial charge in [-0.2, -0.15) is 11.8 Å². The first-order valence-corrected chi connectivity index (χ1v) is 8.41. The molecule has 0 aromatic heterocycles. The Hall–Kier alpha value is -0.710. The Balaban J connectivity index is 2.28. The summed E-state index contributed by atoms with van der Waals surface area (Å²) < 4.78 is 0. The zero-order valence-corrected chi connectivity index (χ0v) is 12.9. The topological polar surface area (TPSA) is 49.4 Å². The summed E-state index contributed by atoms with van der Waals surface area (Å²) in [4.78, 5) is 27.0. The van der Waals surface area contributed by atoms with Crippen molar-refractivity contribution in [3.8, 4) is 0 Å². The number of hydrogen-bond acceptors (Lipinski definition) is 3. The smallest absolute Gasteiger partial charge is 0.248 e.